The van der Waals surface area contributed by atoms with Gasteiger partial charge in [-0.05, 0) is 37.3 Å². The Balaban J connectivity index is 1.60. The minimum absolute atomic E-state index is 0.0527. The number of ether oxygens (including phenoxy) is 2. The zero-order chi connectivity index (χ0) is 23.1. The first kappa shape index (κ1) is 23.2. The summed E-state index contributed by atoms with van der Waals surface area (Å²) in [5, 5.41) is 15.8. The smallest absolute Gasteiger partial charge is 0.264 e. The van der Waals surface area contributed by atoms with Gasteiger partial charge in [0.1, 0.15) is 11.5 Å². The third-order valence-electron chi connectivity index (χ3n) is 4.24. The number of carbonyl (C=O) groups excluding carboxylic acids is 1. The minimum Gasteiger partial charge on any atom is -0.497 e. The van der Waals surface area contributed by atoms with E-state index in [9.17, 15) is 4.79 Å². The molecule has 3 rings (SSSR count). The molecule has 1 heterocycles. The van der Waals surface area contributed by atoms with Crippen molar-refractivity contribution in [1.29, 1.82) is 0 Å². The number of amides is 1. The Kier molecular flexibility index (Phi) is 7.79. The quantitative estimate of drug-likeness (QED) is 0.186. The molecule has 32 heavy (non-hydrogen) atoms. The molecular weight excluding hydrogens is 454 g/mol. The van der Waals surface area contributed by atoms with Crippen LogP contribution >= 0.6 is 23.4 Å². The summed E-state index contributed by atoms with van der Waals surface area (Å²) in [7, 11) is 3.11. The molecule has 0 saturated carbocycles. The molecule has 0 bridgehead atoms. The average Bonchev–Trinajstić information content (AvgIpc) is 3.15. The lowest BCUT2D eigenvalue weighted by Gasteiger charge is -2.10. The van der Waals surface area contributed by atoms with Gasteiger partial charge in [-0.2, -0.15) is 5.10 Å². The number of methoxy groups -OCH3 is 2. The summed E-state index contributed by atoms with van der Waals surface area (Å²) in [6.45, 7) is 1.84. The molecule has 0 spiro atoms. The van der Waals surface area contributed by atoms with Gasteiger partial charge in [-0.15, -0.1) is 10.2 Å². The van der Waals surface area contributed by atoms with E-state index in [1.165, 1.54) is 11.8 Å². The number of nitrogens with one attached hydrogen (secondary N) is 2. The zero-order valence-corrected chi connectivity index (χ0v) is 19.2. The van der Waals surface area contributed by atoms with Gasteiger partial charge in [0, 0.05) is 10.6 Å². The lowest BCUT2D eigenvalue weighted by atomic mass is 10.1. The van der Waals surface area contributed by atoms with Crippen molar-refractivity contribution in [3.8, 4) is 11.5 Å². The maximum absolute atomic E-state index is 12.3. The van der Waals surface area contributed by atoms with Crippen LogP contribution in [0.2, 0.25) is 5.02 Å². The number of nitrogens with zero attached hydrogens (tertiary/aromatic N) is 4. The topological polar surface area (TPSA) is 129 Å². The average molecular weight is 476 g/mol. The predicted octanol–water partition coefficient (Wildman–Crippen LogP) is 3.23. The molecule has 12 heteroatoms. The number of hydrogen-bond acceptors (Lipinski definition) is 9. The van der Waals surface area contributed by atoms with Gasteiger partial charge >= 0.3 is 0 Å². The molecule has 1 aromatic heterocycles. The first-order valence-corrected chi connectivity index (χ1v) is 10.7. The third-order valence-corrected chi connectivity index (χ3v) is 5.42. The Morgan fingerprint density at radius 1 is 1.22 bits per heavy atom. The summed E-state index contributed by atoms with van der Waals surface area (Å²) < 4.78 is 11.7. The fourth-order valence-electron chi connectivity index (χ4n) is 2.59. The van der Waals surface area contributed by atoms with Crippen LogP contribution in [0, 0.1) is 0 Å². The number of thioether (sulfide) groups is 1. The first-order chi connectivity index (χ1) is 15.4. The highest BCUT2D eigenvalue weighted by Crippen LogP contribution is 2.28. The van der Waals surface area contributed by atoms with Crippen molar-refractivity contribution < 1.29 is 14.3 Å². The SMILES string of the molecule is COc1cccc(/C(C)=N/Nc2nnc(SCC(=O)Nc3cc(Cl)ccc3OC)n2N)c1. The molecule has 10 nitrogen and oxygen atoms in total. The molecule has 3 aromatic rings. The fraction of sp³-hybridized carbons (Fsp3) is 0.200. The fourth-order valence-corrected chi connectivity index (χ4v) is 3.42. The van der Waals surface area contributed by atoms with E-state index in [0.29, 0.717) is 27.3 Å². The molecule has 2 aromatic carbocycles. The Bertz CT molecular complexity index is 1140. The molecule has 0 atom stereocenters. The first-order valence-electron chi connectivity index (χ1n) is 9.32. The van der Waals surface area contributed by atoms with E-state index in [1.807, 2.05) is 31.2 Å². The highest BCUT2D eigenvalue weighted by atomic mass is 35.5. The second-order valence-electron chi connectivity index (χ2n) is 6.40. The van der Waals surface area contributed by atoms with E-state index in [2.05, 4.69) is 26.0 Å². The standard InChI is InChI=1S/C20H22ClN7O3S/c1-12(13-5-4-6-15(9-13)30-2)24-25-19-26-27-20(28(19)22)32-11-18(29)23-16-10-14(21)7-8-17(16)31-3/h4-10H,11,22H2,1-3H3,(H,23,29)(H,25,26)/b24-12+. The maximum Gasteiger partial charge on any atom is 0.264 e. The minimum atomic E-state index is -0.278. The van der Waals surface area contributed by atoms with Crippen molar-refractivity contribution >= 4 is 46.6 Å². The molecular formula is C20H22ClN7O3S. The van der Waals surface area contributed by atoms with Crippen molar-refractivity contribution in [1.82, 2.24) is 14.9 Å². The van der Waals surface area contributed by atoms with Crippen molar-refractivity contribution in [2.75, 3.05) is 36.6 Å². The predicted molar refractivity (Wildman–Crippen MR) is 126 cm³/mol. The van der Waals surface area contributed by atoms with E-state index in [4.69, 9.17) is 26.9 Å². The van der Waals surface area contributed by atoms with E-state index in [1.54, 1.807) is 25.3 Å². The van der Waals surface area contributed by atoms with Gasteiger partial charge in [-0.25, -0.2) is 10.1 Å². The molecule has 0 aliphatic heterocycles. The molecule has 0 radical (unpaired) electrons. The number of anilines is 2. The van der Waals surface area contributed by atoms with Gasteiger partial charge in [0.2, 0.25) is 11.1 Å². The number of benzene rings is 2. The van der Waals surface area contributed by atoms with Crippen LogP contribution in [0.15, 0.2) is 52.7 Å². The van der Waals surface area contributed by atoms with Crippen molar-refractivity contribution in [2.24, 2.45) is 5.10 Å². The summed E-state index contributed by atoms with van der Waals surface area (Å²) >= 11 is 7.11. The van der Waals surface area contributed by atoms with Crippen LogP contribution in [0.4, 0.5) is 11.6 Å². The number of halogens is 1. The van der Waals surface area contributed by atoms with E-state index in [0.717, 1.165) is 23.1 Å². The van der Waals surface area contributed by atoms with Gasteiger partial charge in [0.05, 0.1) is 31.4 Å². The van der Waals surface area contributed by atoms with Crippen molar-refractivity contribution in [3.05, 3.63) is 53.1 Å². The second-order valence-corrected chi connectivity index (χ2v) is 7.78. The lowest BCUT2D eigenvalue weighted by Crippen LogP contribution is -2.17. The Morgan fingerprint density at radius 2 is 2.03 bits per heavy atom. The molecule has 0 aliphatic carbocycles. The second kappa shape index (κ2) is 10.7. The van der Waals surface area contributed by atoms with Crippen LogP contribution < -0.4 is 26.1 Å². The molecule has 1 amide bonds. The summed E-state index contributed by atoms with van der Waals surface area (Å²) in [4.78, 5) is 12.3. The normalized spacial score (nSPS) is 11.2. The monoisotopic (exact) mass is 475 g/mol. The number of rotatable bonds is 9. The lowest BCUT2D eigenvalue weighted by molar-refractivity contribution is -0.113. The third kappa shape index (κ3) is 5.83. The van der Waals surface area contributed by atoms with E-state index < -0.39 is 0 Å². The number of aromatic nitrogens is 3. The summed E-state index contributed by atoms with van der Waals surface area (Å²) in [5.74, 6) is 7.26. The van der Waals surface area contributed by atoms with Crippen LogP contribution in [0.5, 0.6) is 11.5 Å². The number of hydrogen-bond donors (Lipinski definition) is 3. The number of carbonyl (C=O) groups is 1. The molecule has 0 unspecified atom stereocenters. The van der Waals surface area contributed by atoms with Crippen LogP contribution in [-0.4, -0.2) is 46.5 Å². The maximum atomic E-state index is 12.3. The van der Waals surface area contributed by atoms with Crippen LogP contribution in [0.1, 0.15) is 12.5 Å². The highest BCUT2D eigenvalue weighted by Gasteiger charge is 2.14. The van der Waals surface area contributed by atoms with Gasteiger partial charge in [0.15, 0.2) is 0 Å². The molecule has 168 valence electrons. The molecule has 0 fully saturated rings. The molecule has 0 aliphatic rings. The Hall–Kier alpha value is -3.44. The summed E-state index contributed by atoms with van der Waals surface area (Å²) in [5.41, 5.74) is 4.84. The van der Waals surface area contributed by atoms with Gasteiger partial charge < -0.3 is 20.6 Å². The van der Waals surface area contributed by atoms with Crippen LogP contribution in [-0.2, 0) is 4.79 Å². The van der Waals surface area contributed by atoms with Gasteiger partial charge in [0.25, 0.3) is 5.95 Å². The number of nitrogen functional groups attached to an aromatic ring is 1. The van der Waals surface area contributed by atoms with E-state index in [-0.39, 0.29) is 17.6 Å². The summed E-state index contributed by atoms with van der Waals surface area (Å²) in [6, 6.07) is 12.5. The molecule has 0 saturated heterocycles. The van der Waals surface area contributed by atoms with Crippen LogP contribution in [0.3, 0.4) is 0 Å². The van der Waals surface area contributed by atoms with E-state index >= 15 is 0 Å². The van der Waals surface area contributed by atoms with Crippen molar-refractivity contribution in [3.63, 3.8) is 0 Å². The largest absolute Gasteiger partial charge is 0.497 e. The number of hydrazone groups is 1. The van der Waals surface area contributed by atoms with Crippen LogP contribution in [0.25, 0.3) is 0 Å². The van der Waals surface area contributed by atoms with Gasteiger partial charge in [-0.1, -0.05) is 35.5 Å². The molecule has 4 N–H and O–H groups in total. The Labute approximate surface area is 194 Å². The van der Waals surface area contributed by atoms with Crippen molar-refractivity contribution in [2.45, 2.75) is 12.1 Å². The highest BCUT2D eigenvalue weighted by molar-refractivity contribution is 7.99. The number of nitrogens with two attached hydrogens (primary N) is 1. The van der Waals surface area contributed by atoms with Gasteiger partial charge in [-0.3, -0.25) is 4.79 Å². The zero-order valence-electron chi connectivity index (χ0n) is 17.6. The summed E-state index contributed by atoms with van der Waals surface area (Å²) in [6.07, 6.45) is 0. The Morgan fingerprint density at radius 3 is 2.78 bits per heavy atom.